The summed E-state index contributed by atoms with van der Waals surface area (Å²) in [7, 11) is 3.81. The molecule has 1 aliphatic rings. The van der Waals surface area contributed by atoms with Crippen molar-refractivity contribution in [2.75, 3.05) is 27.2 Å². The van der Waals surface area contributed by atoms with E-state index in [0.717, 1.165) is 19.6 Å². The molecule has 1 rings (SSSR count). The van der Waals surface area contributed by atoms with E-state index in [1.807, 2.05) is 19.1 Å². The summed E-state index contributed by atoms with van der Waals surface area (Å²) in [5, 5.41) is 5.57. The Morgan fingerprint density at radius 2 is 2.38 bits per heavy atom. The molecule has 1 aliphatic heterocycles. The van der Waals surface area contributed by atoms with Gasteiger partial charge in [-0.3, -0.25) is 5.43 Å². The first-order valence-corrected chi connectivity index (χ1v) is 4.92. The van der Waals surface area contributed by atoms with Crippen molar-refractivity contribution >= 4 is 17.3 Å². The highest BCUT2D eigenvalue weighted by Gasteiger charge is 2.15. The lowest BCUT2D eigenvalue weighted by Crippen LogP contribution is -2.45. The number of hydrazine groups is 1. The molecule has 1 atom stereocenters. The van der Waals surface area contributed by atoms with Crippen LogP contribution in [0.2, 0.25) is 0 Å². The Kier molecular flexibility index (Phi) is 4.41. The van der Waals surface area contributed by atoms with Crippen LogP contribution in [0.1, 0.15) is 12.8 Å². The average Bonchev–Trinajstić information content (AvgIpc) is 2.51. The van der Waals surface area contributed by atoms with Gasteiger partial charge in [-0.25, -0.2) is 5.01 Å². The van der Waals surface area contributed by atoms with Gasteiger partial charge in [-0.1, -0.05) is 0 Å². The van der Waals surface area contributed by atoms with Crippen LogP contribution in [0.15, 0.2) is 0 Å². The SMILES string of the molecule is CN(C)NC(=S)NCC1CCCO1. The third kappa shape index (κ3) is 4.40. The minimum Gasteiger partial charge on any atom is -0.376 e. The van der Waals surface area contributed by atoms with Crippen molar-refractivity contribution in [2.24, 2.45) is 0 Å². The van der Waals surface area contributed by atoms with Crippen molar-refractivity contribution in [1.82, 2.24) is 15.8 Å². The average molecular weight is 203 g/mol. The Hall–Kier alpha value is -0.390. The molecule has 0 aromatic rings. The zero-order valence-corrected chi connectivity index (χ0v) is 8.99. The van der Waals surface area contributed by atoms with Gasteiger partial charge in [0.2, 0.25) is 0 Å². The van der Waals surface area contributed by atoms with E-state index in [-0.39, 0.29) is 0 Å². The molecule has 76 valence electrons. The predicted octanol–water partition coefficient (Wildman–Crippen LogP) is 0.106. The Morgan fingerprint density at radius 3 is 2.92 bits per heavy atom. The number of hydrogen-bond acceptors (Lipinski definition) is 3. The second-order valence-corrected chi connectivity index (χ2v) is 3.76. The van der Waals surface area contributed by atoms with Gasteiger partial charge in [0.1, 0.15) is 0 Å². The molecular formula is C8H17N3OS. The molecule has 0 aliphatic carbocycles. The molecule has 0 aromatic heterocycles. The van der Waals surface area contributed by atoms with Crippen molar-refractivity contribution in [3.63, 3.8) is 0 Å². The van der Waals surface area contributed by atoms with E-state index < -0.39 is 0 Å². The third-order valence-electron chi connectivity index (χ3n) is 1.84. The molecule has 1 unspecified atom stereocenters. The summed E-state index contributed by atoms with van der Waals surface area (Å²) in [5.41, 5.74) is 2.96. The highest BCUT2D eigenvalue weighted by atomic mass is 32.1. The number of nitrogens with one attached hydrogen (secondary N) is 2. The molecule has 0 bridgehead atoms. The first-order chi connectivity index (χ1) is 6.18. The van der Waals surface area contributed by atoms with Gasteiger partial charge in [0.05, 0.1) is 6.10 Å². The van der Waals surface area contributed by atoms with Crippen molar-refractivity contribution in [1.29, 1.82) is 0 Å². The molecule has 1 heterocycles. The largest absolute Gasteiger partial charge is 0.376 e. The van der Waals surface area contributed by atoms with Crippen LogP contribution in [0.5, 0.6) is 0 Å². The monoisotopic (exact) mass is 203 g/mol. The van der Waals surface area contributed by atoms with Crippen LogP contribution in [0, 0.1) is 0 Å². The zero-order valence-electron chi connectivity index (χ0n) is 8.17. The molecule has 1 fully saturated rings. The number of nitrogens with zero attached hydrogens (tertiary/aromatic N) is 1. The Balaban J connectivity index is 2.07. The summed E-state index contributed by atoms with van der Waals surface area (Å²) in [6.07, 6.45) is 2.64. The summed E-state index contributed by atoms with van der Waals surface area (Å²) in [4.78, 5) is 0. The lowest BCUT2D eigenvalue weighted by molar-refractivity contribution is 0.113. The standard InChI is InChI=1S/C8H17N3OS/c1-11(2)10-8(13)9-6-7-4-3-5-12-7/h7H,3-6H2,1-2H3,(H2,9,10,13). The lowest BCUT2D eigenvalue weighted by Gasteiger charge is -2.17. The molecule has 4 nitrogen and oxygen atoms in total. The van der Waals surface area contributed by atoms with Crippen LogP contribution in [0.25, 0.3) is 0 Å². The lowest BCUT2D eigenvalue weighted by atomic mass is 10.2. The van der Waals surface area contributed by atoms with Gasteiger partial charge >= 0.3 is 0 Å². The fourth-order valence-corrected chi connectivity index (χ4v) is 1.52. The van der Waals surface area contributed by atoms with Gasteiger partial charge < -0.3 is 10.1 Å². The minimum absolute atomic E-state index is 0.335. The zero-order chi connectivity index (χ0) is 9.68. The van der Waals surface area contributed by atoms with Gasteiger partial charge in [0.15, 0.2) is 5.11 Å². The van der Waals surface area contributed by atoms with E-state index in [2.05, 4.69) is 10.7 Å². The van der Waals surface area contributed by atoms with Gasteiger partial charge in [0, 0.05) is 27.2 Å². The first kappa shape index (κ1) is 10.7. The van der Waals surface area contributed by atoms with Gasteiger partial charge in [0.25, 0.3) is 0 Å². The smallest absolute Gasteiger partial charge is 0.181 e. The summed E-state index contributed by atoms with van der Waals surface area (Å²) in [5.74, 6) is 0. The highest BCUT2D eigenvalue weighted by molar-refractivity contribution is 7.80. The molecule has 2 N–H and O–H groups in total. The van der Waals surface area contributed by atoms with E-state index in [1.54, 1.807) is 0 Å². The quantitative estimate of drug-likeness (QED) is 0.503. The molecule has 13 heavy (non-hydrogen) atoms. The van der Waals surface area contributed by atoms with Crippen molar-refractivity contribution in [3.05, 3.63) is 0 Å². The molecular weight excluding hydrogens is 186 g/mol. The maximum atomic E-state index is 5.44. The van der Waals surface area contributed by atoms with E-state index >= 15 is 0 Å². The Bertz CT molecular complexity index is 169. The van der Waals surface area contributed by atoms with Crippen LogP contribution in [0.3, 0.4) is 0 Å². The Labute approximate surface area is 84.6 Å². The van der Waals surface area contributed by atoms with Crippen LogP contribution in [-0.4, -0.2) is 43.5 Å². The fraction of sp³-hybridized carbons (Fsp3) is 0.875. The summed E-state index contributed by atoms with van der Waals surface area (Å²) in [6.45, 7) is 1.69. The van der Waals surface area contributed by atoms with Gasteiger partial charge in [-0.2, -0.15) is 0 Å². The number of thiocarbonyl (C=S) groups is 1. The number of ether oxygens (including phenoxy) is 1. The Morgan fingerprint density at radius 1 is 1.62 bits per heavy atom. The van der Waals surface area contributed by atoms with Crippen LogP contribution < -0.4 is 10.7 Å². The number of rotatable bonds is 3. The summed E-state index contributed by atoms with van der Waals surface area (Å²) < 4.78 is 5.44. The van der Waals surface area contributed by atoms with Gasteiger partial charge in [-0.15, -0.1) is 0 Å². The molecule has 5 heteroatoms. The van der Waals surface area contributed by atoms with Crippen LogP contribution in [0.4, 0.5) is 0 Å². The van der Waals surface area contributed by atoms with Crippen LogP contribution >= 0.6 is 12.2 Å². The molecule has 0 saturated carbocycles. The fourth-order valence-electron chi connectivity index (χ4n) is 1.25. The van der Waals surface area contributed by atoms with E-state index in [9.17, 15) is 0 Å². The first-order valence-electron chi connectivity index (χ1n) is 4.52. The topological polar surface area (TPSA) is 36.5 Å². The van der Waals surface area contributed by atoms with Crippen LogP contribution in [-0.2, 0) is 4.74 Å². The maximum Gasteiger partial charge on any atom is 0.181 e. The third-order valence-corrected chi connectivity index (χ3v) is 2.08. The van der Waals surface area contributed by atoms with Crippen molar-refractivity contribution < 1.29 is 4.74 Å². The van der Waals surface area contributed by atoms with Crippen molar-refractivity contribution in [3.8, 4) is 0 Å². The minimum atomic E-state index is 0.335. The van der Waals surface area contributed by atoms with E-state index in [0.29, 0.717) is 11.2 Å². The predicted molar refractivity (Wildman–Crippen MR) is 56.4 cm³/mol. The van der Waals surface area contributed by atoms with E-state index in [4.69, 9.17) is 17.0 Å². The molecule has 0 aromatic carbocycles. The van der Waals surface area contributed by atoms with Crippen molar-refractivity contribution in [2.45, 2.75) is 18.9 Å². The highest BCUT2D eigenvalue weighted by Crippen LogP contribution is 2.10. The molecule has 0 radical (unpaired) electrons. The second kappa shape index (κ2) is 5.36. The normalized spacial score (nSPS) is 21.9. The van der Waals surface area contributed by atoms with E-state index in [1.165, 1.54) is 6.42 Å². The second-order valence-electron chi connectivity index (χ2n) is 3.35. The molecule has 1 saturated heterocycles. The molecule has 0 amide bonds. The number of hydrogen-bond donors (Lipinski definition) is 2. The van der Waals surface area contributed by atoms with Gasteiger partial charge in [-0.05, 0) is 25.1 Å². The maximum absolute atomic E-state index is 5.44. The molecule has 0 spiro atoms. The summed E-state index contributed by atoms with van der Waals surface area (Å²) >= 11 is 5.05. The summed E-state index contributed by atoms with van der Waals surface area (Å²) in [6, 6.07) is 0.